The molecule has 0 saturated carbocycles. The zero-order valence-electron chi connectivity index (χ0n) is 19.9. The summed E-state index contributed by atoms with van der Waals surface area (Å²) in [6.07, 6.45) is 0. The molecular formula is C25H31NO7. The SMILES string of the molecule is COc1cccc(COC(C)=O)c1-c1c(OC)cccc1C(=O)OC[C@@H](NC(C)=O)C(C)C. The van der Waals surface area contributed by atoms with Gasteiger partial charge in [-0.05, 0) is 24.1 Å². The molecule has 0 fully saturated rings. The summed E-state index contributed by atoms with van der Waals surface area (Å²) < 4.78 is 21.9. The Labute approximate surface area is 194 Å². The van der Waals surface area contributed by atoms with Crippen LogP contribution < -0.4 is 14.8 Å². The number of hydrogen-bond acceptors (Lipinski definition) is 7. The van der Waals surface area contributed by atoms with Crippen molar-refractivity contribution in [1.82, 2.24) is 5.32 Å². The normalized spacial score (nSPS) is 11.5. The molecule has 0 radical (unpaired) electrons. The van der Waals surface area contributed by atoms with Gasteiger partial charge in [0.2, 0.25) is 5.91 Å². The van der Waals surface area contributed by atoms with Gasteiger partial charge in [0.05, 0.1) is 25.8 Å². The molecule has 0 aliphatic heterocycles. The Morgan fingerprint density at radius 3 is 2.03 bits per heavy atom. The predicted molar refractivity (Wildman–Crippen MR) is 123 cm³/mol. The summed E-state index contributed by atoms with van der Waals surface area (Å²) in [4.78, 5) is 36.1. The number of carbonyl (C=O) groups is 3. The number of hydrogen-bond donors (Lipinski definition) is 1. The minimum Gasteiger partial charge on any atom is -0.496 e. The van der Waals surface area contributed by atoms with Gasteiger partial charge in [0.25, 0.3) is 0 Å². The van der Waals surface area contributed by atoms with Gasteiger partial charge in [0.1, 0.15) is 24.7 Å². The van der Waals surface area contributed by atoms with Gasteiger partial charge in [-0.2, -0.15) is 0 Å². The number of ether oxygens (including phenoxy) is 4. The Bertz CT molecular complexity index is 1000. The van der Waals surface area contributed by atoms with Crippen molar-refractivity contribution in [3.05, 3.63) is 47.5 Å². The van der Waals surface area contributed by atoms with Gasteiger partial charge in [-0.15, -0.1) is 0 Å². The topological polar surface area (TPSA) is 100 Å². The standard InChI is InChI=1S/C25H31NO7/c1-15(2)20(26-16(3)27)14-33-25(29)19-10-8-12-22(31-6)24(19)23-18(13-32-17(4)28)9-7-11-21(23)30-5/h7-12,15,20H,13-14H2,1-6H3,(H,26,27)/t20-/m1/s1. The highest BCUT2D eigenvalue weighted by Crippen LogP contribution is 2.41. The van der Waals surface area contributed by atoms with E-state index in [-0.39, 0.29) is 36.6 Å². The third kappa shape index (κ3) is 6.71. The lowest BCUT2D eigenvalue weighted by atomic mass is 9.93. The van der Waals surface area contributed by atoms with Crippen molar-refractivity contribution >= 4 is 17.8 Å². The molecule has 2 aromatic rings. The van der Waals surface area contributed by atoms with Crippen LogP contribution in [0, 0.1) is 5.92 Å². The summed E-state index contributed by atoms with van der Waals surface area (Å²) in [6, 6.07) is 10.0. The van der Waals surface area contributed by atoms with Crippen molar-refractivity contribution in [2.45, 2.75) is 40.3 Å². The average molecular weight is 458 g/mol. The molecule has 0 spiro atoms. The van der Waals surface area contributed by atoms with Crippen molar-refractivity contribution < 1.29 is 33.3 Å². The third-order valence-electron chi connectivity index (χ3n) is 5.07. The van der Waals surface area contributed by atoms with E-state index in [0.717, 1.165) is 0 Å². The first kappa shape index (κ1) is 25.7. The van der Waals surface area contributed by atoms with Gasteiger partial charge in [-0.1, -0.05) is 32.0 Å². The molecule has 0 bridgehead atoms. The molecule has 1 amide bonds. The van der Waals surface area contributed by atoms with Gasteiger partial charge in [0, 0.05) is 30.5 Å². The van der Waals surface area contributed by atoms with Crippen LogP contribution in [0.4, 0.5) is 0 Å². The Morgan fingerprint density at radius 2 is 1.48 bits per heavy atom. The number of esters is 2. The summed E-state index contributed by atoms with van der Waals surface area (Å²) >= 11 is 0. The summed E-state index contributed by atoms with van der Waals surface area (Å²) in [7, 11) is 3.02. The maximum atomic E-state index is 13.2. The molecule has 1 atom stereocenters. The first-order valence-corrected chi connectivity index (χ1v) is 10.6. The van der Waals surface area contributed by atoms with Crippen LogP contribution in [-0.4, -0.2) is 44.7 Å². The quantitative estimate of drug-likeness (QED) is 0.542. The second-order valence-electron chi connectivity index (χ2n) is 7.81. The molecule has 8 nitrogen and oxygen atoms in total. The minimum absolute atomic E-state index is 0.00758. The van der Waals surface area contributed by atoms with E-state index in [4.69, 9.17) is 18.9 Å². The highest BCUT2D eigenvalue weighted by Gasteiger charge is 2.25. The number of benzene rings is 2. The number of rotatable bonds is 10. The van der Waals surface area contributed by atoms with E-state index in [1.165, 1.54) is 28.1 Å². The van der Waals surface area contributed by atoms with Crippen LogP contribution >= 0.6 is 0 Å². The lowest BCUT2D eigenvalue weighted by Crippen LogP contribution is -2.41. The summed E-state index contributed by atoms with van der Waals surface area (Å²) in [5.74, 6) is -0.228. The zero-order valence-corrected chi connectivity index (χ0v) is 19.9. The summed E-state index contributed by atoms with van der Waals surface area (Å²) in [5.41, 5.74) is 1.92. The summed E-state index contributed by atoms with van der Waals surface area (Å²) in [6.45, 7) is 6.62. The van der Waals surface area contributed by atoms with Crippen LogP contribution in [0.3, 0.4) is 0 Å². The number of carbonyl (C=O) groups excluding carboxylic acids is 3. The first-order chi connectivity index (χ1) is 15.7. The van der Waals surface area contributed by atoms with Crippen molar-refractivity contribution in [2.24, 2.45) is 5.92 Å². The van der Waals surface area contributed by atoms with E-state index in [0.29, 0.717) is 28.2 Å². The fourth-order valence-electron chi connectivity index (χ4n) is 3.36. The monoisotopic (exact) mass is 457 g/mol. The Balaban J connectivity index is 2.53. The molecule has 0 heterocycles. The van der Waals surface area contributed by atoms with Gasteiger partial charge in [-0.3, -0.25) is 9.59 Å². The number of methoxy groups -OCH3 is 2. The van der Waals surface area contributed by atoms with Crippen molar-refractivity contribution in [2.75, 3.05) is 20.8 Å². The van der Waals surface area contributed by atoms with Gasteiger partial charge < -0.3 is 24.3 Å². The molecule has 33 heavy (non-hydrogen) atoms. The minimum atomic E-state index is -0.579. The van der Waals surface area contributed by atoms with Crippen LogP contribution in [0.15, 0.2) is 36.4 Å². The highest BCUT2D eigenvalue weighted by molar-refractivity contribution is 6.00. The maximum absolute atomic E-state index is 13.2. The maximum Gasteiger partial charge on any atom is 0.338 e. The molecule has 0 aliphatic carbocycles. The van der Waals surface area contributed by atoms with Crippen molar-refractivity contribution in [3.63, 3.8) is 0 Å². The molecule has 0 aliphatic rings. The largest absolute Gasteiger partial charge is 0.496 e. The predicted octanol–water partition coefficient (Wildman–Crippen LogP) is 3.75. The molecule has 0 aromatic heterocycles. The van der Waals surface area contributed by atoms with E-state index in [1.54, 1.807) is 36.4 Å². The van der Waals surface area contributed by atoms with Crippen LogP contribution in [-0.2, 0) is 25.7 Å². The van der Waals surface area contributed by atoms with Crippen LogP contribution in [0.25, 0.3) is 11.1 Å². The molecule has 0 saturated heterocycles. The Kier molecular flexibility index (Phi) is 9.27. The lowest BCUT2D eigenvalue weighted by molar-refractivity contribution is -0.142. The Morgan fingerprint density at radius 1 is 0.879 bits per heavy atom. The van der Waals surface area contributed by atoms with E-state index >= 15 is 0 Å². The van der Waals surface area contributed by atoms with Crippen molar-refractivity contribution in [1.29, 1.82) is 0 Å². The van der Waals surface area contributed by atoms with Crippen LogP contribution in [0.2, 0.25) is 0 Å². The number of amides is 1. The summed E-state index contributed by atoms with van der Waals surface area (Å²) in [5, 5.41) is 2.80. The third-order valence-corrected chi connectivity index (χ3v) is 5.07. The van der Waals surface area contributed by atoms with Gasteiger partial charge in [-0.25, -0.2) is 4.79 Å². The van der Waals surface area contributed by atoms with E-state index in [9.17, 15) is 14.4 Å². The van der Waals surface area contributed by atoms with E-state index in [2.05, 4.69) is 5.32 Å². The fraction of sp³-hybridized carbons (Fsp3) is 0.400. The van der Waals surface area contributed by atoms with E-state index in [1.807, 2.05) is 13.8 Å². The zero-order chi connectivity index (χ0) is 24.5. The molecule has 178 valence electrons. The van der Waals surface area contributed by atoms with Gasteiger partial charge >= 0.3 is 11.9 Å². The highest BCUT2D eigenvalue weighted by atomic mass is 16.5. The van der Waals surface area contributed by atoms with E-state index < -0.39 is 11.9 Å². The average Bonchev–Trinajstić information content (AvgIpc) is 2.78. The van der Waals surface area contributed by atoms with Crippen LogP contribution in [0.5, 0.6) is 11.5 Å². The molecule has 2 rings (SSSR count). The lowest BCUT2D eigenvalue weighted by Gasteiger charge is -2.22. The second kappa shape index (κ2) is 11.9. The smallest absolute Gasteiger partial charge is 0.338 e. The van der Waals surface area contributed by atoms with Crippen molar-refractivity contribution in [3.8, 4) is 22.6 Å². The van der Waals surface area contributed by atoms with Crippen LogP contribution in [0.1, 0.15) is 43.6 Å². The molecular weight excluding hydrogens is 426 g/mol. The second-order valence-corrected chi connectivity index (χ2v) is 7.81. The van der Waals surface area contributed by atoms with Gasteiger partial charge in [0.15, 0.2) is 0 Å². The fourth-order valence-corrected chi connectivity index (χ4v) is 3.36. The molecule has 2 aromatic carbocycles. The molecule has 1 N–H and O–H groups in total. The Hall–Kier alpha value is -3.55. The first-order valence-electron chi connectivity index (χ1n) is 10.6. The number of nitrogens with one attached hydrogen (secondary N) is 1. The molecule has 8 heteroatoms. The molecule has 0 unspecified atom stereocenters.